The molecule has 3 aromatic rings. The van der Waals surface area contributed by atoms with Crippen molar-refractivity contribution in [3.05, 3.63) is 46.0 Å². The maximum atomic E-state index is 11.9. The highest BCUT2D eigenvalue weighted by Gasteiger charge is 2.27. The van der Waals surface area contributed by atoms with Crippen molar-refractivity contribution in [2.24, 2.45) is 5.92 Å². The Labute approximate surface area is 190 Å². The van der Waals surface area contributed by atoms with Crippen molar-refractivity contribution < 1.29 is 14.3 Å². The molecule has 0 radical (unpaired) electrons. The predicted molar refractivity (Wildman–Crippen MR) is 129 cm³/mol. The summed E-state index contributed by atoms with van der Waals surface area (Å²) in [5.74, 6) is 1.68. The first kappa shape index (κ1) is 21.0. The van der Waals surface area contributed by atoms with Crippen LogP contribution in [0.5, 0.6) is 5.75 Å². The van der Waals surface area contributed by atoms with Crippen molar-refractivity contribution in [3.8, 4) is 17.0 Å². The molecular formula is C24H27IN2O3. The first-order valence-corrected chi connectivity index (χ1v) is 11.6. The SMILES string of the molecule is CCOc1c(-c2ccc(NC(=O)OC(C)C)cc2)n(CC2CC2)c2cccc(I)c12. The van der Waals surface area contributed by atoms with E-state index >= 15 is 0 Å². The largest absolute Gasteiger partial charge is 0.491 e. The van der Waals surface area contributed by atoms with Gasteiger partial charge in [0.25, 0.3) is 0 Å². The number of rotatable bonds is 7. The van der Waals surface area contributed by atoms with Gasteiger partial charge in [-0.15, -0.1) is 0 Å². The average molecular weight is 518 g/mol. The van der Waals surface area contributed by atoms with E-state index in [-0.39, 0.29) is 6.10 Å². The van der Waals surface area contributed by atoms with E-state index in [1.54, 1.807) is 0 Å². The standard InChI is InChI=1S/C24H27IN2O3/c1-4-29-23-21-19(25)6-5-7-20(21)27(14-16-8-9-16)22(23)17-10-12-18(13-11-17)26-24(28)30-15(2)3/h5-7,10-13,15-16H,4,8-9,14H2,1-3H3,(H,26,28). The number of benzene rings is 2. The summed E-state index contributed by atoms with van der Waals surface area (Å²) < 4.78 is 15.0. The Kier molecular flexibility index (Phi) is 6.22. The first-order valence-electron chi connectivity index (χ1n) is 10.5. The molecule has 1 aliphatic rings. The van der Waals surface area contributed by atoms with Crippen LogP contribution in [-0.2, 0) is 11.3 Å². The summed E-state index contributed by atoms with van der Waals surface area (Å²) in [4.78, 5) is 11.9. The molecule has 6 heteroatoms. The number of fused-ring (bicyclic) bond motifs is 1. The van der Waals surface area contributed by atoms with Gasteiger partial charge in [-0.2, -0.15) is 0 Å². The van der Waals surface area contributed by atoms with Crippen LogP contribution in [0.15, 0.2) is 42.5 Å². The normalized spacial score (nSPS) is 13.6. The third-order valence-electron chi connectivity index (χ3n) is 5.17. The van der Waals surface area contributed by atoms with Gasteiger partial charge in [0.2, 0.25) is 0 Å². The number of carbonyl (C=O) groups excluding carboxylic acids is 1. The van der Waals surface area contributed by atoms with Crippen LogP contribution in [0.2, 0.25) is 0 Å². The van der Waals surface area contributed by atoms with E-state index in [0.29, 0.717) is 12.3 Å². The van der Waals surface area contributed by atoms with Crippen LogP contribution in [0.25, 0.3) is 22.2 Å². The van der Waals surface area contributed by atoms with Crippen LogP contribution in [0.3, 0.4) is 0 Å². The molecule has 0 bridgehead atoms. The molecular weight excluding hydrogens is 491 g/mol. The Hall–Kier alpha value is -2.22. The molecule has 0 spiro atoms. The average Bonchev–Trinajstić information content (AvgIpc) is 3.46. The molecule has 1 N–H and O–H groups in total. The number of nitrogens with one attached hydrogen (secondary N) is 1. The molecule has 1 amide bonds. The number of aromatic nitrogens is 1. The molecule has 0 aliphatic heterocycles. The van der Waals surface area contributed by atoms with Gasteiger partial charge in [0, 0.05) is 21.4 Å². The van der Waals surface area contributed by atoms with Crippen molar-refractivity contribution in [2.45, 2.75) is 46.3 Å². The van der Waals surface area contributed by atoms with Crippen molar-refractivity contribution in [1.29, 1.82) is 0 Å². The summed E-state index contributed by atoms with van der Waals surface area (Å²) in [5.41, 5.74) is 4.12. The van der Waals surface area contributed by atoms with Gasteiger partial charge in [-0.3, -0.25) is 5.32 Å². The molecule has 1 aromatic heterocycles. The number of hydrogen-bond acceptors (Lipinski definition) is 3. The summed E-state index contributed by atoms with van der Waals surface area (Å²) >= 11 is 2.40. The Morgan fingerprint density at radius 3 is 2.57 bits per heavy atom. The van der Waals surface area contributed by atoms with E-state index in [1.807, 2.05) is 45.0 Å². The van der Waals surface area contributed by atoms with Crippen molar-refractivity contribution in [2.75, 3.05) is 11.9 Å². The molecule has 0 atom stereocenters. The molecule has 1 aliphatic carbocycles. The zero-order valence-corrected chi connectivity index (χ0v) is 19.7. The molecule has 158 valence electrons. The van der Waals surface area contributed by atoms with Crippen molar-refractivity contribution in [3.63, 3.8) is 0 Å². The fourth-order valence-electron chi connectivity index (χ4n) is 3.72. The van der Waals surface area contributed by atoms with E-state index in [0.717, 1.165) is 29.5 Å². The van der Waals surface area contributed by atoms with Crippen molar-refractivity contribution in [1.82, 2.24) is 4.57 Å². The molecule has 5 nitrogen and oxygen atoms in total. The topological polar surface area (TPSA) is 52.5 Å². The number of anilines is 1. The molecule has 0 saturated heterocycles. The van der Waals surface area contributed by atoms with Crippen LogP contribution in [-0.4, -0.2) is 23.4 Å². The maximum Gasteiger partial charge on any atom is 0.411 e. The minimum atomic E-state index is -0.440. The first-order chi connectivity index (χ1) is 14.5. The molecule has 1 heterocycles. The van der Waals surface area contributed by atoms with Gasteiger partial charge in [-0.1, -0.05) is 18.2 Å². The number of amides is 1. The summed E-state index contributed by atoms with van der Waals surface area (Å²) in [6.07, 6.45) is 1.98. The quantitative estimate of drug-likeness (QED) is 0.355. The second-order valence-corrected chi connectivity index (χ2v) is 9.12. The van der Waals surface area contributed by atoms with Crippen LogP contribution in [0.1, 0.15) is 33.6 Å². The highest BCUT2D eigenvalue weighted by molar-refractivity contribution is 14.1. The molecule has 1 saturated carbocycles. The smallest absolute Gasteiger partial charge is 0.411 e. The number of hydrogen-bond donors (Lipinski definition) is 1. The monoisotopic (exact) mass is 518 g/mol. The lowest BCUT2D eigenvalue weighted by atomic mass is 10.1. The van der Waals surface area contributed by atoms with Gasteiger partial charge in [-0.05, 0) is 86.4 Å². The van der Waals surface area contributed by atoms with Gasteiger partial charge in [-0.25, -0.2) is 4.79 Å². The third kappa shape index (κ3) is 4.43. The molecule has 30 heavy (non-hydrogen) atoms. The Morgan fingerprint density at radius 2 is 1.93 bits per heavy atom. The second kappa shape index (κ2) is 8.88. The van der Waals surface area contributed by atoms with Gasteiger partial charge in [0.15, 0.2) is 5.75 Å². The van der Waals surface area contributed by atoms with E-state index in [9.17, 15) is 4.79 Å². The second-order valence-electron chi connectivity index (χ2n) is 7.96. The highest BCUT2D eigenvalue weighted by Crippen LogP contribution is 2.44. The lowest BCUT2D eigenvalue weighted by molar-refractivity contribution is 0.130. The molecule has 2 aromatic carbocycles. The Balaban J connectivity index is 1.76. The number of ether oxygens (including phenoxy) is 2. The van der Waals surface area contributed by atoms with Crippen LogP contribution >= 0.6 is 22.6 Å². The lowest BCUT2D eigenvalue weighted by Crippen LogP contribution is -2.17. The maximum absolute atomic E-state index is 11.9. The van der Waals surface area contributed by atoms with Gasteiger partial charge in [0.05, 0.1) is 29.3 Å². The summed E-state index contributed by atoms with van der Waals surface area (Å²) in [5, 5.41) is 3.96. The van der Waals surface area contributed by atoms with Crippen LogP contribution in [0, 0.1) is 9.49 Å². The van der Waals surface area contributed by atoms with Crippen molar-refractivity contribution >= 4 is 45.3 Å². The highest BCUT2D eigenvalue weighted by atomic mass is 127. The van der Waals surface area contributed by atoms with E-state index < -0.39 is 6.09 Å². The lowest BCUT2D eigenvalue weighted by Gasteiger charge is -2.13. The minimum absolute atomic E-state index is 0.154. The van der Waals surface area contributed by atoms with Gasteiger partial charge < -0.3 is 14.0 Å². The van der Waals surface area contributed by atoms with E-state index in [1.165, 1.54) is 27.3 Å². The number of nitrogens with zero attached hydrogens (tertiary/aromatic N) is 1. The predicted octanol–water partition coefficient (Wildman–Crippen LogP) is 6.68. The minimum Gasteiger partial charge on any atom is -0.491 e. The van der Waals surface area contributed by atoms with E-state index in [2.05, 4.69) is 50.7 Å². The zero-order chi connectivity index (χ0) is 21.3. The summed E-state index contributed by atoms with van der Waals surface area (Å²) in [6.45, 7) is 7.30. The van der Waals surface area contributed by atoms with Gasteiger partial charge in [0.1, 0.15) is 0 Å². The summed E-state index contributed by atoms with van der Waals surface area (Å²) in [6, 6.07) is 14.3. The fraction of sp³-hybridized carbons (Fsp3) is 0.375. The Morgan fingerprint density at radius 1 is 1.20 bits per heavy atom. The molecule has 1 fully saturated rings. The zero-order valence-electron chi connectivity index (χ0n) is 17.6. The van der Waals surface area contributed by atoms with E-state index in [4.69, 9.17) is 9.47 Å². The number of carbonyl (C=O) groups is 1. The van der Waals surface area contributed by atoms with Crippen LogP contribution < -0.4 is 10.1 Å². The molecule has 0 unspecified atom stereocenters. The summed E-state index contributed by atoms with van der Waals surface area (Å²) in [7, 11) is 0. The third-order valence-corrected chi connectivity index (χ3v) is 6.07. The molecule has 4 rings (SSSR count). The van der Waals surface area contributed by atoms with Crippen LogP contribution in [0.4, 0.5) is 10.5 Å². The Bertz CT molecular complexity index is 1050. The fourth-order valence-corrected chi connectivity index (χ4v) is 4.45. The number of halogens is 1. The van der Waals surface area contributed by atoms with Gasteiger partial charge >= 0.3 is 6.09 Å².